The van der Waals surface area contributed by atoms with Crippen LogP contribution in [0.1, 0.15) is 6.42 Å². The predicted molar refractivity (Wildman–Crippen MR) is 39.2 cm³/mol. The van der Waals surface area contributed by atoms with Gasteiger partial charge in [0, 0.05) is 13.0 Å². The fraction of sp³-hybridized carbons (Fsp3) is 0.800. The number of hydrogen-bond donors (Lipinski definition) is 1. The molecule has 0 fully saturated rings. The van der Waals surface area contributed by atoms with Gasteiger partial charge in [0.1, 0.15) is 6.61 Å². The van der Waals surface area contributed by atoms with E-state index < -0.39 is 0 Å². The summed E-state index contributed by atoms with van der Waals surface area (Å²) in [6.45, 7) is 1.62. The summed E-state index contributed by atoms with van der Waals surface area (Å²) >= 11 is 0. The molecule has 0 aromatic heterocycles. The van der Waals surface area contributed by atoms with Gasteiger partial charge in [-0.05, 0) is 7.05 Å². The average Bonchev–Trinajstić information content (AvgIpc) is 2.19. The molecule has 1 N–H and O–H groups in total. The van der Waals surface area contributed by atoms with Crippen LogP contribution in [0, 0.1) is 0 Å². The van der Waals surface area contributed by atoms with Gasteiger partial charge in [0.2, 0.25) is 0 Å². The minimum atomic E-state index is 0. The third-order valence-corrected chi connectivity index (χ3v) is 1.06. The highest BCUT2D eigenvalue weighted by atomic mass is 35.5. The first kappa shape index (κ1) is 8.72. The van der Waals surface area contributed by atoms with Crippen LogP contribution in [-0.2, 0) is 4.84 Å². The maximum atomic E-state index is 4.76. The molecular weight excluding hydrogens is 140 g/mol. The second kappa shape index (κ2) is 4.58. The summed E-state index contributed by atoms with van der Waals surface area (Å²) in [6, 6.07) is 0. The van der Waals surface area contributed by atoms with Crippen LogP contribution in [0.3, 0.4) is 0 Å². The van der Waals surface area contributed by atoms with Gasteiger partial charge in [0.25, 0.3) is 0 Å². The maximum Gasteiger partial charge on any atom is 0.122 e. The van der Waals surface area contributed by atoms with E-state index in [1.165, 1.54) is 0 Å². The Morgan fingerprint density at radius 1 is 1.78 bits per heavy atom. The van der Waals surface area contributed by atoms with Gasteiger partial charge in [0.15, 0.2) is 0 Å². The summed E-state index contributed by atoms with van der Waals surface area (Å²) in [7, 11) is 1.90. The van der Waals surface area contributed by atoms with Crippen molar-refractivity contribution in [3.63, 3.8) is 0 Å². The van der Waals surface area contributed by atoms with Crippen LogP contribution in [0.4, 0.5) is 0 Å². The van der Waals surface area contributed by atoms with Crippen molar-refractivity contribution in [1.29, 1.82) is 0 Å². The lowest BCUT2D eigenvalue weighted by atomic mass is 10.3. The molecule has 0 unspecified atom stereocenters. The number of halogens is 1. The number of nitrogens with one attached hydrogen (secondary N) is 1. The Balaban J connectivity index is 0.000000640. The molecule has 1 rings (SSSR count). The summed E-state index contributed by atoms with van der Waals surface area (Å²) in [6.07, 6.45) is 0.987. The van der Waals surface area contributed by atoms with Crippen molar-refractivity contribution in [3.8, 4) is 0 Å². The molecule has 3 nitrogen and oxygen atoms in total. The van der Waals surface area contributed by atoms with E-state index >= 15 is 0 Å². The standard InChI is InChI=1S/C5H10N2O.ClH/c1-6-4-5-2-3-8-7-5;/h6H,2-4H2,1H3;1H. The molecule has 0 spiro atoms. The summed E-state index contributed by atoms with van der Waals surface area (Å²) in [5.74, 6) is 0. The Labute approximate surface area is 60.9 Å². The molecule has 1 aliphatic rings. The van der Waals surface area contributed by atoms with Gasteiger partial charge in [0.05, 0.1) is 5.71 Å². The maximum absolute atomic E-state index is 4.76. The monoisotopic (exact) mass is 150 g/mol. The Kier molecular flexibility index (Phi) is 4.44. The molecule has 1 heterocycles. The first-order valence-electron chi connectivity index (χ1n) is 2.76. The molecule has 0 atom stereocenters. The first-order valence-corrected chi connectivity index (χ1v) is 2.76. The molecule has 0 amide bonds. The quantitative estimate of drug-likeness (QED) is 0.619. The zero-order valence-electron chi connectivity index (χ0n) is 5.39. The van der Waals surface area contributed by atoms with Crippen molar-refractivity contribution >= 4 is 18.1 Å². The van der Waals surface area contributed by atoms with Crippen LogP contribution in [0.5, 0.6) is 0 Å². The van der Waals surface area contributed by atoms with Gasteiger partial charge in [-0.1, -0.05) is 5.16 Å². The SMILES string of the molecule is CNCC1=NOCC1.Cl. The normalized spacial score (nSPS) is 15.9. The van der Waals surface area contributed by atoms with E-state index in [0.29, 0.717) is 0 Å². The van der Waals surface area contributed by atoms with E-state index in [1.807, 2.05) is 7.05 Å². The summed E-state index contributed by atoms with van der Waals surface area (Å²) in [5, 5.41) is 6.78. The van der Waals surface area contributed by atoms with Crippen LogP contribution < -0.4 is 5.32 Å². The van der Waals surface area contributed by atoms with Gasteiger partial charge in [-0.3, -0.25) is 0 Å². The third-order valence-electron chi connectivity index (χ3n) is 1.06. The Morgan fingerprint density at radius 3 is 3.00 bits per heavy atom. The van der Waals surface area contributed by atoms with E-state index in [-0.39, 0.29) is 12.4 Å². The topological polar surface area (TPSA) is 33.6 Å². The predicted octanol–water partition coefficient (Wildman–Crippen LogP) is 0.404. The molecule has 0 aliphatic carbocycles. The molecule has 9 heavy (non-hydrogen) atoms. The molecule has 4 heteroatoms. The third kappa shape index (κ3) is 2.67. The number of oxime groups is 1. The lowest BCUT2D eigenvalue weighted by Gasteiger charge is -1.90. The van der Waals surface area contributed by atoms with Crippen molar-refractivity contribution in [3.05, 3.63) is 0 Å². The number of rotatable bonds is 2. The molecule has 0 saturated carbocycles. The van der Waals surface area contributed by atoms with Gasteiger partial charge >= 0.3 is 0 Å². The Morgan fingerprint density at radius 2 is 2.56 bits per heavy atom. The van der Waals surface area contributed by atoms with E-state index in [4.69, 9.17) is 4.84 Å². The van der Waals surface area contributed by atoms with Gasteiger partial charge in [-0.2, -0.15) is 0 Å². The minimum Gasteiger partial charge on any atom is -0.395 e. The number of hydrogen-bond acceptors (Lipinski definition) is 3. The molecule has 54 valence electrons. The van der Waals surface area contributed by atoms with E-state index in [2.05, 4.69) is 10.5 Å². The second-order valence-corrected chi connectivity index (χ2v) is 1.77. The lowest BCUT2D eigenvalue weighted by molar-refractivity contribution is 0.173. The Bertz CT molecular complexity index is 105. The van der Waals surface area contributed by atoms with Crippen LogP contribution in [0.2, 0.25) is 0 Å². The molecule has 0 aromatic rings. The summed E-state index contributed by atoms with van der Waals surface area (Å²) in [4.78, 5) is 4.76. The smallest absolute Gasteiger partial charge is 0.122 e. The van der Waals surface area contributed by atoms with Crippen molar-refractivity contribution in [2.75, 3.05) is 20.2 Å². The highest BCUT2D eigenvalue weighted by Crippen LogP contribution is 1.97. The van der Waals surface area contributed by atoms with Crippen molar-refractivity contribution in [1.82, 2.24) is 5.32 Å². The van der Waals surface area contributed by atoms with Crippen LogP contribution in [0.15, 0.2) is 5.16 Å². The summed E-state index contributed by atoms with van der Waals surface area (Å²) in [5.41, 5.74) is 1.12. The van der Waals surface area contributed by atoms with Crippen LogP contribution >= 0.6 is 12.4 Å². The molecule has 0 bridgehead atoms. The van der Waals surface area contributed by atoms with E-state index in [9.17, 15) is 0 Å². The molecule has 1 aliphatic heterocycles. The largest absolute Gasteiger partial charge is 0.395 e. The molecule has 0 aromatic carbocycles. The zero-order valence-corrected chi connectivity index (χ0v) is 6.20. The molecule has 0 radical (unpaired) electrons. The lowest BCUT2D eigenvalue weighted by Crippen LogP contribution is -2.16. The number of nitrogens with zero attached hydrogens (tertiary/aromatic N) is 1. The van der Waals surface area contributed by atoms with Gasteiger partial charge in [-0.15, -0.1) is 12.4 Å². The summed E-state index contributed by atoms with van der Waals surface area (Å²) < 4.78 is 0. The minimum absolute atomic E-state index is 0. The van der Waals surface area contributed by atoms with Crippen LogP contribution in [0.25, 0.3) is 0 Å². The molecule has 0 saturated heterocycles. The fourth-order valence-corrected chi connectivity index (χ4v) is 0.671. The fourth-order valence-electron chi connectivity index (χ4n) is 0.671. The highest BCUT2D eigenvalue weighted by molar-refractivity contribution is 5.86. The Hall–Kier alpha value is -0.280. The zero-order chi connectivity index (χ0) is 5.82. The van der Waals surface area contributed by atoms with Crippen LogP contribution in [-0.4, -0.2) is 25.9 Å². The second-order valence-electron chi connectivity index (χ2n) is 1.77. The average molecular weight is 151 g/mol. The molecular formula is C5H11ClN2O. The van der Waals surface area contributed by atoms with E-state index in [0.717, 1.165) is 25.3 Å². The van der Waals surface area contributed by atoms with E-state index in [1.54, 1.807) is 0 Å². The van der Waals surface area contributed by atoms with Crippen molar-refractivity contribution in [2.24, 2.45) is 5.16 Å². The van der Waals surface area contributed by atoms with Gasteiger partial charge < -0.3 is 10.2 Å². The van der Waals surface area contributed by atoms with Gasteiger partial charge in [-0.25, -0.2) is 0 Å². The highest BCUT2D eigenvalue weighted by Gasteiger charge is 2.04. The van der Waals surface area contributed by atoms with Crippen molar-refractivity contribution < 1.29 is 4.84 Å². The van der Waals surface area contributed by atoms with Crippen molar-refractivity contribution in [2.45, 2.75) is 6.42 Å². The first-order chi connectivity index (χ1) is 3.93.